The molecule has 1 saturated heterocycles. The fourth-order valence-corrected chi connectivity index (χ4v) is 6.03. The van der Waals surface area contributed by atoms with Gasteiger partial charge in [0.25, 0.3) is 10.1 Å². The Labute approximate surface area is 271 Å². The maximum absolute atomic E-state index is 13.2. The second-order valence-corrected chi connectivity index (χ2v) is 12.6. The lowest BCUT2D eigenvalue weighted by molar-refractivity contribution is -0.323. The van der Waals surface area contributed by atoms with E-state index in [0.717, 1.165) is 22.3 Å². The number of ether oxygens (including phenoxy) is 5. The van der Waals surface area contributed by atoms with Gasteiger partial charge in [0.15, 0.2) is 6.29 Å². The molecule has 1 aliphatic rings. The van der Waals surface area contributed by atoms with Crippen LogP contribution in [0.25, 0.3) is 0 Å². The lowest BCUT2D eigenvalue weighted by Crippen LogP contribution is -2.61. The molecule has 0 aromatic heterocycles. The van der Waals surface area contributed by atoms with Crippen LogP contribution in [0.4, 0.5) is 0 Å². The van der Waals surface area contributed by atoms with Crippen LogP contribution in [-0.2, 0) is 57.8 Å². The lowest BCUT2D eigenvalue weighted by atomic mass is 9.98. The quantitative estimate of drug-likeness (QED) is 0.103. The summed E-state index contributed by atoms with van der Waals surface area (Å²) in [7, 11) is -4.10. The summed E-state index contributed by atoms with van der Waals surface area (Å²) < 4.78 is 64.2. The Balaban J connectivity index is 1.46. The van der Waals surface area contributed by atoms with Crippen LogP contribution >= 0.6 is 0 Å². The summed E-state index contributed by atoms with van der Waals surface area (Å²) in [6.45, 7) is 6.26. The highest BCUT2D eigenvalue weighted by Crippen LogP contribution is 2.32. The third kappa shape index (κ3) is 9.43. The van der Waals surface area contributed by atoms with Crippen molar-refractivity contribution in [1.29, 1.82) is 0 Å². The molecule has 8 nitrogen and oxygen atoms in total. The normalized spacial score (nSPS) is 21.5. The fraction of sp³-hybridized carbons (Fsp3) is 0.297. The van der Waals surface area contributed by atoms with E-state index in [1.807, 2.05) is 97.9 Å². The molecule has 46 heavy (non-hydrogen) atoms. The first kappa shape index (κ1) is 33.7. The molecule has 4 aromatic rings. The molecule has 4 aromatic carbocycles. The first-order valence-electron chi connectivity index (χ1n) is 15.2. The molecule has 1 heterocycles. The minimum absolute atomic E-state index is 0.0519. The third-order valence-corrected chi connectivity index (χ3v) is 8.82. The second-order valence-electron chi connectivity index (χ2n) is 11.0. The minimum Gasteiger partial charge on any atom is -0.368 e. The van der Waals surface area contributed by atoms with Gasteiger partial charge in [-0.15, -0.1) is 6.58 Å². The molecule has 0 bridgehead atoms. The molecular weight excluding hydrogens is 604 g/mol. The van der Waals surface area contributed by atoms with Crippen molar-refractivity contribution in [2.24, 2.45) is 0 Å². The van der Waals surface area contributed by atoms with Gasteiger partial charge in [-0.05, 0) is 35.7 Å². The van der Waals surface area contributed by atoms with Gasteiger partial charge in [0.2, 0.25) is 0 Å². The predicted molar refractivity (Wildman–Crippen MR) is 174 cm³/mol. The van der Waals surface area contributed by atoms with Crippen LogP contribution in [-0.4, -0.2) is 52.3 Å². The summed E-state index contributed by atoms with van der Waals surface area (Å²) in [5, 5.41) is 0. The van der Waals surface area contributed by atoms with E-state index in [-0.39, 0.29) is 37.9 Å². The Kier molecular flexibility index (Phi) is 12.3. The largest absolute Gasteiger partial charge is 0.368 e. The molecule has 9 heteroatoms. The lowest BCUT2D eigenvalue weighted by Gasteiger charge is -2.45. The maximum Gasteiger partial charge on any atom is 0.297 e. The first-order valence-corrected chi connectivity index (χ1v) is 16.6. The van der Waals surface area contributed by atoms with Crippen molar-refractivity contribution in [3.05, 3.63) is 150 Å². The van der Waals surface area contributed by atoms with E-state index in [2.05, 4.69) is 6.58 Å². The van der Waals surface area contributed by atoms with Gasteiger partial charge in [-0.2, -0.15) is 8.42 Å². The highest BCUT2D eigenvalue weighted by atomic mass is 32.2. The number of hydrogen-bond acceptors (Lipinski definition) is 8. The highest BCUT2D eigenvalue weighted by Gasteiger charge is 2.49. The van der Waals surface area contributed by atoms with Gasteiger partial charge < -0.3 is 23.7 Å². The Morgan fingerprint density at radius 3 is 1.63 bits per heavy atom. The van der Waals surface area contributed by atoms with Crippen LogP contribution in [0.2, 0.25) is 0 Å². The average Bonchev–Trinajstić information content (AvgIpc) is 3.09. The summed E-state index contributed by atoms with van der Waals surface area (Å²) in [5.41, 5.74) is 3.79. The van der Waals surface area contributed by atoms with Crippen LogP contribution in [0, 0.1) is 6.92 Å². The summed E-state index contributed by atoms with van der Waals surface area (Å²) in [6, 6.07) is 35.7. The molecule has 242 valence electrons. The van der Waals surface area contributed by atoms with Crippen LogP contribution < -0.4 is 0 Å². The van der Waals surface area contributed by atoms with Crippen LogP contribution in [0.5, 0.6) is 0 Å². The van der Waals surface area contributed by atoms with Gasteiger partial charge in [0.1, 0.15) is 24.4 Å². The van der Waals surface area contributed by atoms with E-state index >= 15 is 0 Å². The van der Waals surface area contributed by atoms with Gasteiger partial charge in [0.05, 0.1) is 37.9 Å². The van der Waals surface area contributed by atoms with E-state index < -0.39 is 40.8 Å². The molecular formula is C37H40O8S. The molecule has 1 fully saturated rings. The molecule has 0 amide bonds. The van der Waals surface area contributed by atoms with Crippen molar-refractivity contribution in [1.82, 2.24) is 0 Å². The zero-order valence-corrected chi connectivity index (χ0v) is 26.7. The third-order valence-electron chi connectivity index (χ3n) is 7.52. The molecule has 0 saturated carbocycles. The Hall–Kier alpha value is -3.67. The van der Waals surface area contributed by atoms with E-state index in [1.54, 1.807) is 18.2 Å². The summed E-state index contributed by atoms with van der Waals surface area (Å²) >= 11 is 0. The van der Waals surface area contributed by atoms with Crippen molar-refractivity contribution in [2.45, 2.75) is 62.3 Å². The van der Waals surface area contributed by atoms with Crippen molar-refractivity contribution in [2.75, 3.05) is 13.2 Å². The maximum atomic E-state index is 13.2. The van der Waals surface area contributed by atoms with E-state index in [1.165, 1.54) is 12.1 Å². The number of hydrogen-bond donors (Lipinski definition) is 0. The summed E-state index contributed by atoms with van der Waals surface area (Å²) in [5.74, 6) is 0. The fourth-order valence-electron chi connectivity index (χ4n) is 5.11. The van der Waals surface area contributed by atoms with Crippen molar-refractivity contribution in [3.63, 3.8) is 0 Å². The monoisotopic (exact) mass is 644 g/mol. The smallest absolute Gasteiger partial charge is 0.297 e. The van der Waals surface area contributed by atoms with Crippen molar-refractivity contribution in [3.8, 4) is 0 Å². The molecule has 0 spiro atoms. The highest BCUT2D eigenvalue weighted by molar-refractivity contribution is 7.86. The molecule has 5 atom stereocenters. The zero-order chi connectivity index (χ0) is 32.2. The van der Waals surface area contributed by atoms with Crippen molar-refractivity contribution < 1.29 is 36.3 Å². The van der Waals surface area contributed by atoms with Gasteiger partial charge in [-0.1, -0.05) is 115 Å². The van der Waals surface area contributed by atoms with E-state index in [9.17, 15) is 8.42 Å². The van der Waals surface area contributed by atoms with Crippen LogP contribution in [0.3, 0.4) is 0 Å². The van der Waals surface area contributed by atoms with Gasteiger partial charge in [-0.25, -0.2) is 0 Å². The van der Waals surface area contributed by atoms with Gasteiger partial charge in [-0.3, -0.25) is 4.18 Å². The van der Waals surface area contributed by atoms with Gasteiger partial charge in [0, 0.05) is 0 Å². The molecule has 0 radical (unpaired) electrons. The van der Waals surface area contributed by atoms with Crippen LogP contribution in [0.15, 0.2) is 133 Å². The van der Waals surface area contributed by atoms with Crippen LogP contribution in [0.1, 0.15) is 22.3 Å². The minimum atomic E-state index is -4.10. The summed E-state index contributed by atoms with van der Waals surface area (Å²) in [6.07, 6.45) is -2.48. The Bertz CT molecular complexity index is 1580. The SMILES string of the molecule is C=CCO[C@H]1O[C@H](COS(=O)(=O)c2ccc(C)cc2)[C@H](OCc2ccccc2)[C@H](OCc2ccccc2)[C@H]1OCc1ccccc1. The average molecular weight is 645 g/mol. The predicted octanol–water partition coefficient (Wildman–Crippen LogP) is 6.38. The standard InChI is InChI=1S/C37H40O8S/c1-3-23-40-37-36(43-26-31-17-11-6-12-18-31)35(42-25-30-15-9-5-10-16-30)34(41-24-29-13-7-4-8-14-29)33(45-37)27-44-46(38,39)32-21-19-28(2)20-22-32/h3-22,33-37H,1,23-27H2,2H3/t33-,34+,35+,36-,37+/m1/s1. The Morgan fingerprint density at radius 2 is 1.13 bits per heavy atom. The summed E-state index contributed by atoms with van der Waals surface area (Å²) in [4.78, 5) is 0.0519. The van der Waals surface area contributed by atoms with Crippen molar-refractivity contribution >= 4 is 10.1 Å². The number of benzene rings is 4. The molecule has 1 aliphatic heterocycles. The number of rotatable bonds is 16. The number of aryl methyl sites for hydroxylation is 1. The van der Waals surface area contributed by atoms with E-state index in [4.69, 9.17) is 27.9 Å². The van der Waals surface area contributed by atoms with E-state index in [0.29, 0.717) is 0 Å². The first-order chi connectivity index (χ1) is 22.4. The molecule has 0 unspecified atom stereocenters. The zero-order valence-electron chi connectivity index (χ0n) is 25.9. The Morgan fingerprint density at radius 1 is 0.652 bits per heavy atom. The molecule has 0 N–H and O–H groups in total. The van der Waals surface area contributed by atoms with Gasteiger partial charge >= 0.3 is 0 Å². The molecule has 0 aliphatic carbocycles. The second kappa shape index (κ2) is 16.8. The molecule has 5 rings (SSSR count). The topological polar surface area (TPSA) is 89.5 Å².